The Morgan fingerprint density at radius 1 is 1.15 bits per heavy atom. The molecule has 0 atom stereocenters. The van der Waals surface area contributed by atoms with E-state index in [-0.39, 0.29) is 5.91 Å². The van der Waals surface area contributed by atoms with Crippen molar-refractivity contribution in [1.29, 1.82) is 0 Å². The van der Waals surface area contributed by atoms with Gasteiger partial charge in [0.15, 0.2) is 11.5 Å². The molecule has 0 aromatic heterocycles. The summed E-state index contributed by atoms with van der Waals surface area (Å²) < 4.78 is 11.2. The first-order valence-electron chi connectivity index (χ1n) is 7.68. The fraction of sp³-hybridized carbons (Fsp3) is 0.105. The maximum absolute atomic E-state index is 12.3. The maximum atomic E-state index is 12.3. The highest BCUT2D eigenvalue weighted by Crippen LogP contribution is 2.32. The molecule has 5 nitrogen and oxygen atoms in total. The number of ether oxygens (including phenoxy) is 2. The van der Waals surface area contributed by atoms with Gasteiger partial charge in [-0.2, -0.15) is 0 Å². The molecule has 0 aliphatic carbocycles. The summed E-state index contributed by atoms with van der Waals surface area (Å²) in [6.07, 6.45) is 1.70. The number of methoxy groups -OCH3 is 1. The van der Waals surface area contributed by atoms with Crippen molar-refractivity contribution in [3.8, 4) is 11.5 Å². The van der Waals surface area contributed by atoms with Gasteiger partial charge in [0, 0.05) is 0 Å². The Kier molecular flexibility index (Phi) is 5.39. The standard InChI is InChI=1S/C19H15NO4S2/c1-11-3-6-13(7-4-11)18(22)24-14-8-5-12(9-15(14)23-2)10-16-17(21)20-19(25)26-16/h3-10H,1-2H3,(H,20,21,25)/b16-10+. The number of carbonyl (C=O) groups excluding carboxylic acids is 2. The number of hydrogen-bond acceptors (Lipinski definition) is 6. The maximum Gasteiger partial charge on any atom is 0.343 e. The molecule has 0 bridgehead atoms. The minimum atomic E-state index is -0.467. The Labute approximate surface area is 160 Å². The molecular formula is C19H15NO4S2. The zero-order valence-electron chi connectivity index (χ0n) is 14.1. The summed E-state index contributed by atoms with van der Waals surface area (Å²) in [7, 11) is 1.49. The molecule has 1 aliphatic heterocycles. The summed E-state index contributed by atoms with van der Waals surface area (Å²) in [4.78, 5) is 24.5. The largest absolute Gasteiger partial charge is 0.493 e. The van der Waals surface area contributed by atoms with Crippen molar-refractivity contribution in [2.45, 2.75) is 6.92 Å². The monoisotopic (exact) mass is 385 g/mol. The zero-order chi connectivity index (χ0) is 18.7. The van der Waals surface area contributed by atoms with Crippen LogP contribution in [0.3, 0.4) is 0 Å². The summed E-state index contributed by atoms with van der Waals surface area (Å²) in [5, 5.41) is 2.56. The van der Waals surface area contributed by atoms with Crippen LogP contribution >= 0.6 is 24.0 Å². The molecule has 132 valence electrons. The number of amides is 1. The van der Waals surface area contributed by atoms with Gasteiger partial charge in [0.1, 0.15) is 4.32 Å². The molecular weight excluding hydrogens is 370 g/mol. The van der Waals surface area contributed by atoms with E-state index in [2.05, 4.69) is 5.32 Å². The summed E-state index contributed by atoms with van der Waals surface area (Å²) in [5.74, 6) is 0.00406. The first kappa shape index (κ1) is 18.2. The topological polar surface area (TPSA) is 64.6 Å². The van der Waals surface area contributed by atoms with Gasteiger partial charge in [0.05, 0.1) is 17.6 Å². The summed E-state index contributed by atoms with van der Waals surface area (Å²) >= 11 is 6.17. The van der Waals surface area contributed by atoms with Crippen molar-refractivity contribution >= 4 is 46.3 Å². The lowest BCUT2D eigenvalue weighted by molar-refractivity contribution is -0.115. The minimum absolute atomic E-state index is 0.228. The number of nitrogens with one attached hydrogen (secondary N) is 1. The summed E-state index contributed by atoms with van der Waals surface area (Å²) in [6, 6.07) is 12.2. The van der Waals surface area contributed by atoms with Gasteiger partial charge in [-0.15, -0.1) is 0 Å². The predicted octanol–water partition coefficient (Wildman–Crippen LogP) is 3.71. The van der Waals surface area contributed by atoms with Crippen LogP contribution in [0.1, 0.15) is 21.5 Å². The van der Waals surface area contributed by atoms with E-state index in [9.17, 15) is 9.59 Å². The average Bonchev–Trinajstić information content (AvgIpc) is 2.93. The quantitative estimate of drug-likeness (QED) is 0.375. The first-order valence-corrected chi connectivity index (χ1v) is 8.90. The van der Waals surface area contributed by atoms with Gasteiger partial charge in [0.2, 0.25) is 0 Å². The molecule has 0 radical (unpaired) electrons. The van der Waals surface area contributed by atoms with Crippen molar-refractivity contribution in [1.82, 2.24) is 5.32 Å². The van der Waals surface area contributed by atoms with Gasteiger partial charge in [0.25, 0.3) is 5.91 Å². The van der Waals surface area contributed by atoms with E-state index < -0.39 is 5.97 Å². The Morgan fingerprint density at radius 2 is 1.88 bits per heavy atom. The van der Waals surface area contributed by atoms with Crippen LogP contribution < -0.4 is 14.8 Å². The van der Waals surface area contributed by atoms with Crippen LogP contribution in [0.5, 0.6) is 11.5 Å². The van der Waals surface area contributed by atoms with Crippen molar-refractivity contribution < 1.29 is 19.1 Å². The van der Waals surface area contributed by atoms with Crippen LogP contribution in [0.25, 0.3) is 6.08 Å². The summed E-state index contributed by atoms with van der Waals surface area (Å²) in [6.45, 7) is 1.95. The second-order valence-corrected chi connectivity index (χ2v) is 7.24. The van der Waals surface area contributed by atoms with Gasteiger partial charge in [-0.3, -0.25) is 4.79 Å². The molecule has 1 amide bonds. The molecule has 1 N–H and O–H groups in total. The molecule has 1 heterocycles. The lowest BCUT2D eigenvalue weighted by atomic mass is 10.1. The van der Waals surface area contributed by atoms with E-state index in [1.165, 1.54) is 18.9 Å². The van der Waals surface area contributed by atoms with Gasteiger partial charge >= 0.3 is 5.97 Å². The van der Waals surface area contributed by atoms with E-state index >= 15 is 0 Å². The number of hydrogen-bond donors (Lipinski definition) is 1. The van der Waals surface area contributed by atoms with Crippen molar-refractivity contribution in [3.63, 3.8) is 0 Å². The van der Waals surface area contributed by atoms with E-state index in [4.69, 9.17) is 21.7 Å². The lowest BCUT2D eigenvalue weighted by Gasteiger charge is -2.10. The van der Waals surface area contributed by atoms with Gasteiger partial charge in [-0.05, 0) is 42.8 Å². The second-order valence-electron chi connectivity index (χ2n) is 5.52. The second kappa shape index (κ2) is 7.72. The number of aryl methyl sites for hydroxylation is 1. The minimum Gasteiger partial charge on any atom is -0.493 e. The average molecular weight is 385 g/mol. The van der Waals surface area contributed by atoms with Crippen LogP contribution in [0.15, 0.2) is 47.4 Å². The number of carbonyl (C=O) groups is 2. The van der Waals surface area contributed by atoms with Crippen LogP contribution in [-0.4, -0.2) is 23.3 Å². The number of rotatable bonds is 4. The van der Waals surface area contributed by atoms with Crippen LogP contribution in [0.4, 0.5) is 0 Å². The zero-order valence-corrected chi connectivity index (χ0v) is 15.7. The molecule has 2 aromatic carbocycles. The molecule has 0 unspecified atom stereocenters. The highest BCUT2D eigenvalue weighted by molar-refractivity contribution is 8.26. The lowest BCUT2D eigenvalue weighted by Crippen LogP contribution is -2.17. The van der Waals surface area contributed by atoms with Crippen LogP contribution in [0, 0.1) is 6.92 Å². The Morgan fingerprint density at radius 3 is 2.50 bits per heavy atom. The third-order valence-corrected chi connectivity index (χ3v) is 4.78. The van der Waals surface area contributed by atoms with E-state index in [1.54, 1.807) is 36.4 Å². The van der Waals surface area contributed by atoms with E-state index in [1.807, 2.05) is 19.1 Å². The summed E-state index contributed by atoms with van der Waals surface area (Å²) in [5.41, 5.74) is 2.25. The Bertz CT molecular complexity index is 920. The third-order valence-electron chi connectivity index (χ3n) is 3.62. The molecule has 26 heavy (non-hydrogen) atoms. The van der Waals surface area contributed by atoms with Gasteiger partial charge in [-0.25, -0.2) is 4.79 Å². The molecule has 7 heteroatoms. The van der Waals surface area contributed by atoms with E-state index in [0.717, 1.165) is 11.1 Å². The molecule has 1 saturated heterocycles. The Hall–Kier alpha value is -2.64. The predicted molar refractivity (Wildman–Crippen MR) is 105 cm³/mol. The molecule has 1 aliphatic rings. The highest BCUT2D eigenvalue weighted by atomic mass is 32.2. The molecule has 1 fully saturated rings. The van der Waals surface area contributed by atoms with Gasteiger partial charge < -0.3 is 14.8 Å². The Balaban J connectivity index is 1.82. The van der Waals surface area contributed by atoms with Crippen molar-refractivity contribution in [2.75, 3.05) is 7.11 Å². The molecule has 3 rings (SSSR count). The fourth-order valence-corrected chi connectivity index (χ4v) is 3.32. The molecule has 0 spiro atoms. The fourth-order valence-electron chi connectivity index (χ4n) is 2.28. The third kappa shape index (κ3) is 4.12. The smallest absolute Gasteiger partial charge is 0.343 e. The normalized spacial score (nSPS) is 15.1. The number of esters is 1. The molecule has 2 aromatic rings. The number of benzene rings is 2. The molecule has 0 saturated carbocycles. The van der Waals surface area contributed by atoms with Crippen LogP contribution in [-0.2, 0) is 4.79 Å². The van der Waals surface area contributed by atoms with Gasteiger partial charge in [-0.1, -0.05) is 47.7 Å². The van der Waals surface area contributed by atoms with E-state index in [0.29, 0.717) is 26.3 Å². The number of thioether (sulfide) groups is 1. The van der Waals surface area contributed by atoms with Crippen LogP contribution in [0.2, 0.25) is 0 Å². The number of thiocarbonyl (C=S) groups is 1. The van der Waals surface area contributed by atoms with Crippen molar-refractivity contribution in [2.24, 2.45) is 0 Å². The highest BCUT2D eigenvalue weighted by Gasteiger charge is 2.22. The first-order chi connectivity index (χ1) is 12.5. The SMILES string of the molecule is COc1cc(/C=C2/SC(=S)NC2=O)ccc1OC(=O)c1ccc(C)cc1. The van der Waals surface area contributed by atoms with Crippen molar-refractivity contribution in [3.05, 3.63) is 64.1 Å².